The van der Waals surface area contributed by atoms with Gasteiger partial charge in [-0.1, -0.05) is 51.1 Å². The normalized spacial score (nSPS) is 15.5. The van der Waals surface area contributed by atoms with Crippen molar-refractivity contribution < 1.29 is 0 Å². The summed E-state index contributed by atoms with van der Waals surface area (Å²) in [6, 6.07) is 11.7. The Balaban J connectivity index is 2.61. The van der Waals surface area contributed by atoms with Gasteiger partial charge in [-0.15, -0.1) is 0 Å². The maximum atomic E-state index is 3.54. The van der Waals surface area contributed by atoms with Crippen molar-refractivity contribution in [2.75, 3.05) is 0 Å². The molecular weight excluding hydrogens is 170 g/mol. The molecule has 0 fully saturated rings. The lowest BCUT2D eigenvalue weighted by molar-refractivity contribution is 0.439. The summed E-state index contributed by atoms with van der Waals surface area (Å²) in [5.74, 6) is 0.568. The van der Waals surface area contributed by atoms with E-state index in [1.165, 1.54) is 5.56 Å². The molecular formula is C13H21N. The van der Waals surface area contributed by atoms with E-state index >= 15 is 0 Å². The van der Waals surface area contributed by atoms with Crippen LogP contribution < -0.4 is 5.32 Å². The number of hydrogen-bond acceptors (Lipinski definition) is 1. The summed E-state index contributed by atoms with van der Waals surface area (Å²) in [4.78, 5) is 0. The van der Waals surface area contributed by atoms with Gasteiger partial charge in [-0.05, 0) is 18.4 Å². The Bertz CT molecular complexity index is 253. The summed E-state index contributed by atoms with van der Waals surface area (Å²) >= 11 is 0. The van der Waals surface area contributed by atoms with Crippen molar-refractivity contribution in [3.63, 3.8) is 0 Å². The lowest BCUT2D eigenvalue weighted by Crippen LogP contribution is -2.35. The van der Waals surface area contributed by atoms with Gasteiger partial charge >= 0.3 is 0 Å². The molecule has 0 aliphatic rings. The van der Waals surface area contributed by atoms with Gasteiger partial charge in [0.2, 0.25) is 0 Å². The second-order valence-electron chi connectivity index (χ2n) is 4.31. The molecule has 1 aromatic rings. The summed E-state index contributed by atoms with van der Waals surface area (Å²) in [5.41, 5.74) is 1.41. The van der Waals surface area contributed by atoms with Crippen LogP contribution in [0.25, 0.3) is 0 Å². The Morgan fingerprint density at radius 1 is 0.929 bits per heavy atom. The van der Waals surface area contributed by atoms with Crippen LogP contribution in [0.2, 0.25) is 0 Å². The van der Waals surface area contributed by atoms with Crippen LogP contribution in [0, 0.1) is 0 Å². The number of nitrogens with one attached hydrogen (secondary N) is 1. The van der Waals surface area contributed by atoms with E-state index in [9.17, 15) is 0 Å². The second kappa shape index (κ2) is 5.16. The highest BCUT2D eigenvalue weighted by molar-refractivity contribution is 5.20. The van der Waals surface area contributed by atoms with Gasteiger partial charge in [0.1, 0.15) is 0 Å². The van der Waals surface area contributed by atoms with E-state index in [4.69, 9.17) is 0 Å². The lowest BCUT2D eigenvalue weighted by Gasteiger charge is -2.23. The molecule has 0 aliphatic heterocycles. The maximum Gasteiger partial charge on any atom is 0.0107 e. The van der Waals surface area contributed by atoms with Crippen molar-refractivity contribution in [3.8, 4) is 0 Å². The van der Waals surface area contributed by atoms with E-state index in [2.05, 4.69) is 63.3 Å². The predicted molar refractivity (Wildman–Crippen MR) is 62.6 cm³/mol. The van der Waals surface area contributed by atoms with E-state index in [0.29, 0.717) is 18.0 Å². The van der Waals surface area contributed by atoms with Gasteiger partial charge in [-0.25, -0.2) is 0 Å². The SMILES string of the molecule is CC(C)N[C@H](C)[C@H](C)c1ccccc1. The first-order valence-electron chi connectivity index (χ1n) is 5.42. The molecule has 0 saturated carbocycles. The smallest absolute Gasteiger partial charge is 0.0107 e. The van der Waals surface area contributed by atoms with E-state index in [1.54, 1.807) is 0 Å². The Morgan fingerprint density at radius 3 is 2.00 bits per heavy atom. The number of rotatable bonds is 4. The third-order valence-corrected chi connectivity index (χ3v) is 2.67. The summed E-state index contributed by atoms with van der Waals surface area (Å²) in [7, 11) is 0. The minimum Gasteiger partial charge on any atom is -0.311 e. The first-order chi connectivity index (χ1) is 6.61. The average Bonchev–Trinajstić information content (AvgIpc) is 2.17. The van der Waals surface area contributed by atoms with Crippen LogP contribution in [0.1, 0.15) is 39.2 Å². The predicted octanol–water partition coefficient (Wildman–Crippen LogP) is 3.18. The fourth-order valence-electron chi connectivity index (χ4n) is 1.72. The third kappa shape index (κ3) is 3.15. The quantitative estimate of drug-likeness (QED) is 0.770. The Hall–Kier alpha value is -0.820. The van der Waals surface area contributed by atoms with Crippen LogP contribution in [0.3, 0.4) is 0 Å². The van der Waals surface area contributed by atoms with Crippen LogP contribution in [0.4, 0.5) is 0 Å². The zero-order valence-corrected chi connectivity index (χ0v) is 9.62. The topological polar surface area (TPSA) is 12.0 Å². The standard InChI is InChI=1S/C13H21N/c1-10(2)14-12(4)11(3)13-8-6-5-7-9-13/h5-12,14H,1-4H3/t11-,12+/m0/s1. The zero-order valence-electron chi connectivity index (χ0n) is 9.62. The van der Waals surface area contributed by atoms with E-state index in [-0.39, 0.29) is 0 Å². The van der Waals surface area contributed by atoms with Crippen molar-refractivity contribution in [2.45, 2.75) is 45.7 Å². The van der Waals surface area contributed by atoms with Crippen molar-refractivity contribution in [1.82, 2.24) is 5.32 Å². The van der Waals surface area contributed by atoms with Gasteiger partial charge in [0.25, 0.3) is 0 Å². The van der Waals surface area contributed by atoms with Crippen LogP contribution in [0.5, 0.6) is 0 Å². The molecule has 1 N–H and O–H groups in total. The van der Waals surface area contributed by atoms with Crippen LogP contribution in [-0.2, 0) is 0 Å². The summed E-state index contributed by atoms with van der Waals surface area (Å²) in [5, 5.41) is 3.54. The number of hydrogen-bond donors (Lipinski definition) is 1. The third-order valence-electron chi connectivity index (χ3n) is 2.67. The largest absolute Gasteiger partial charge is 0.311 e. The molecule has 14 heavy (non-hydrogen) atoms. The molecule has 0 spiro atoms. The maximum absolute atomic E-state index is 3.54. The minimum absolute atomic E-state index is 0.525. The van der Waals surface area contributed by atoms with Gasteiger partial charge in [0, 0.05) is 12.1 Å². The lowest BCUT2D eigenvalue weighted by atomic mass is 9.94. The molecule has 1 nitrogen and oxygen atoms in total. The van der Waals surface area contributed by atoms with Gasteiger partial charge < -0.3 is 5.32 Å². The molecule has 0 heterocycles. The molecule has 1 aromatic carbocycles. The first kappa shape index (κ1) is 11.3. The molecule has 0 aliphatic carbocycles. The first-order valence-corrected chi connectivity index (χ1v) is 5.42. The van der Waals surface area contributed by atoms with Gasteiger partial charge in [-0.2, -0.15) is 0 Å². The highest BCUT2D eigenvalue weighted by Gasteiger charge is 2.13. The summed E-state index contributed by atoms with van der Waals surface area (Å²) < 4.78 is 0. The molecule has 0 saturated heterocycles. The second-order valence-corrected chi connectivity index (χ2v) is 4.31. The molecule has 0 bridgehead atoms. The van der Waals surface area contributed by atoms with E-state index in [0.717, 1.165) is 0 Å². The Kier molecular flexibility index (Phi) is 4.15. The molecule has 78 valence electrons. The number of benzene rings is 1. The van der Waals surface area contributed by atoms with Crippen LogP contribution in [0.15, 0.2) is 30.3 Å². The van der Waals surface area contributed by atoms with Crippen molar-refractivity contribution in [3.05, 3.63) is 35.9 Å². The molecule has 0 radical (unpaired) electrons. The fourth-order valence-corrected chi connectivity index (χ4v) is 1.72. The highest BCUT2D eigenvalue weighted by atomic mass is 14.9. The fraction of sp³-hybridized carbons (Fsp3) is 0.538. The van der Waals surface area contributed by atoms with Crippen LogP contribution >= 0.6 is 0 Å². The van der Waals surface area contributed by atoms with Crippen molar-refractivity contribution in [1.29, 1.82) is 0 Å². The molecule has 1 heteroatoms. The van der Waals surface area contributed by atoms with Gasteiger partial charge in [0.15, 0.2) is 0 Å². The van der Waals surface area contributed by atoms with E-state index < -0.39 is 0 Å². The average molecular weight is 191 g/mol. The van der Waals surface area contributed by atoms with Crippen LogP contribution in [-0.4, -0.2) is 12.1 Å². The van der Waals surface area contributed by atoms with E-state index in [1.807, 2.05) is 0 Å². The summed E-state index contributed by atoms with van der Waals surface area (Å²) in [6.07, 6.45) is 0. The molecule has 0 aromatic heterocycles. The minimum atomic E-state index is 0.525. The zero-order chi connectivity index (χ0) is 10.6. The molecule has 1 rings (SSSR count). The summed E-state index contributed by atoms with van der Waals surface area (Å²) in [6.45, 7) is 8.90. The molecule has 2 atom stereocenters. The molecule has 0 amide bonds. The Labute approximate surface area is 87.5 Å². The van der Waals surface area contributed by atoms with Crippen molar-refractivity contribution in [2.24, 2.45) is 0 Å². The van der Waals surface area contributed by atoms with Gasteiger partial charge in [0.05, 0.1) is 0 Å². The monoisotopic (exact) mass is 191 g/mol. The Morgan fingerprint density at radius 2 is 1.50 bits per heavy atom. The molecule has 0 unspecified atom stereocenters. The van der Waals surface area contributed by atoms with Gasteiger partial charge in [-0.3, -0.25) is 0 Å². The van der Waals surface area contributed by atoms with Crippen molar-refractivity contribution >= 4 is 0 Å². The highest BCUT2D eigenvalue weighted by Crippen LogP contribution is 2.18.